The Morgan fingerprint density at radius 3 is 2.25 bits per heavy atom. The Morgan fingerprint density at radius 1 is 2.00 bits per heavy atom. The standard InChI is InChI=1S/CHNPS/c2-1-4-3/h3H. The van der Waals surface area contributed by atoms with Gasteiger partial charge in [0.2, 0.25) is 0 Å². The highest BCUT2D eigenvalue weighted by Gasteiger charge is 1.50. The fourth-order valence-corrected chi connectivity index (χ4v) is 0. The van der Waals surface area contributed by atoms with Gasteiger partial charge in [-0.3, -0.25) is 0 Å². The van der Waals surface area contributed by atoms with E-state index in [0.717, 1.165) is 11.4 Å². The molecular weight excluding hydrogens is 89.1 g/mol. The van der Waals surface area contributed by atoms with Crippen molar-refractivity contribution in [3.05, 3.63) is 0 Å². The Bertz CT molecular complexity index is 37.8. The summed E-state index contributed by atoms with van der Waals surface area (Å²) in [6.45, 7) is 0. The second-order valence-electron chi connectivity index (χ2n) is 0.193. The lowest BCUT2D eigenvalue weighted by Gasteiger charge is -1.46. The van der Waals surface area contributed by atoms with Gasteiger partial charge in [-0.15, -0.1) is 0 Å². The average Bonchev–Trinajstić information content (AvgIpc) is 1.37. The number of thiocyanates is 1. The van der Waals surface area contributed by atoms with Crippen LogP contribution in [0.3, 0.4) is 0 Å². The van der Waals surface area contributed by atoms with Gasteiger partial charge in [0, 0.05) is 0 Å². The van der Waals surface area contributed by atoms with Gasteiger partial charge in [-0.1, -0.05) is 0 Å². The van der Waals surface area contributed by atoms with E-state index in [1.165, 1.54) is 0 Å². The molecule has 0 fully saturated rings. The summed E-state index contributed by atoms with van der Waals surface area (Å²) in [4.78, 5) is 0. The first-order valence-electron chi connectivity index (χ1n) is 0.632. The normalized spacial score (nSPS) is 5.00. The number of nitriles is 1. The van der Waals surface area contributed by atoms with Crippen LogP contribution in [0, 0.1) is 10.7 Å². The Labute approximate surface area is 31.3 Å². The predicted octanol–water partition coefficient (Wildman–Crippen LogP) is 1.26. The zero-order valence-electron chi connectivity index (χ0n) is 1.86. The van der Waals surface area contributed by atoms with E-state index in [2.05, 4.69) is 8.44 Å². The van der Waals surface area contributed by atoms with Crippen LogP contribution in [-0.4, -0.2) is 0 Å². The van der Waals surface area contributed by atoms with Gasteiger partial charge in [0.15, 0.2) is 0 Å². The molecular formula is CHNPS. The minimum atomic E-state index is 0.968. The minimum absolute atomic E-state index is 0.968. The highest BCUT2D eigenvalue weighted by molar-refractivity contribution is 8.46. The van der Waals surface area contributed by atoms with E-state index >= 15 is 0 Å². The largest absolute Gasteiger partial charge is 0.185 e. The summed E-state index contributed by atoms with van der Waals surface area (Å²) in [5.74, 6) is 0. The molecule has 3 heteroatoms. The van der Waals surface area contributed by atoms with Crippen LogP contribution >= 0.6 is 19.8 Å². The topological polar surface area (TPSA) is 23.8 Å². The third-order valence-electron chi connectivity index (χ3n) is 0.0456. The Morgan fingerprint density at radius 2 is 2.25 bits per heavy atom. The van der Waals surface area contributed by atoms with Gasteiger partial charge < -0.3 is 0 Å². The molecule has 1 radical (unpaired) electrons. The zero-order chi connectivity index (χ0) is 3.41. The van der Waals surface area contributed by atoms with Crippen molar-refractivity contribution in [3.8, 4) is 5.40 Å². The van der Waals surface area contributed by atoms with Crippen molar-refractivity contribution >= 4 is 19.8 Å². The molecule has 0 N–H and O–H groups in total. The summed E-state index contributed by atoms with van der Waals surface area (Å²) in [6.07, 6.45) is 0. The maximum Gasteiger partial charge on any atom is 0.138 e. The first kappa shape index (κ1) is 4.27. The third kappa shape index (κ3) is 2.27. The van der Waals surface area contributed by atoms with Gasteiger partial charge in [0.05, 0.1) is 0 Å². The molecule has 0 amide bonds. The van der Waals surface area contributed by atoms with Crippen molar-refractivity contribution in [1.82, 2.24) is 0 Å². The van der Waals surface area contributed by atoms with Gasteiger partial charge in [0.1, 0.15) is 5.40 Å². The molecule has 0 rings (SSSR count). The van der Waals surface area contributed by atoms with Crippen LogP contribution in [0.2, 0.25) is 0 Å². The maximum atomic E-state index is 7.54. The van der Waals surface area contributed by atoms with E-state index in [1.807, 2.05) is 0 Å². The molecule has 0 bridgehead atoms. The van der Waals surface area contributed by atoms with Gasteiger partial charge in [-0.25, -0.2) is 0 Å². The SMILES string of the molecule is N#CS[PH]. The smallest absolute Gasteiger partial charge is 0.138 e. The van der Waals surface area contributed by atoms with E-state index in [-0.39, 0.29) is 0 Å². The monoisotopic (exact) mass is 90.0 g/mol. The van der Waals surface area contributed by atoms with Crippen LogP contribution in [0.4, 0.5) is 0 Å². The molecule has 0 saturated carbocycles. The lowest BCUT2D eigenvalue weighted by molar-refractivity contribution is 1.57. The quantitative estimate of drug-likeness (QED) is 0.330. The fraction of sp³-hybridized carbons (Fsp3) is 0. The average molecular weight is 90.1 g/mol. The molecule has 1 nitrogen and oxygen atoms in total. The summed E-state index contributed by atoms with van der Waals surface area (Å²) < 4.78 is 0. The third-order valence-corrected chi connectivity index (χ3v) is 0.411. The molecule has 0 spiro atoms. The van der Waals surface area contributed by atoms with Crippen molar-refractivity contribution in [2.75, 3.05) is 0 Å². The van der Waals surface area contributed by atoms with Crippen LogP contribution in [0.1, 0.15) is 0 Å². The van der Waals surface area contributed by atoms with Gasteiger partial charge in [0.25, 0.3) is 0 Å². The van der Waals surface area contributed by atoms with Crippen LogP contribution in [0.25, 0.3) is 0 Å². The summed E-state index contributed by atoms with van der Waals surface area (Å²) in [5, 5.41) is 9.30. The molecule has 0 unspecified atom stereocenters. The van der Waals surface area contributed by atoms with E-state index in [0.29, 0.717) is 0 Å². The van der Waals surface area contributed by atoms with Crippen LogP contribution in [0.15, 0.2) is 0 Å². The van der Waals surface area contributed by atoms with Crippen molar-refractivity contribution in [2.24, 2.45) is 0 Å². The molecule has 21 valence electrons. The molecule has 0 aliphatic rings. The number of nitrogens with zero attached hydrogens (tertiary/aromatic N) is 1. The molecule has 0 atom stereocenters. The fourth-order valence-electron chi connectivity index (χ4n) is 0. The highest BCUT2D eigenvalue weighted by atomic mass is 32.7. The van der Waals surface area contributed by atoms with Crippen molar-refractivity contribution in [1.29, 1.82) is 5.26 Å². The maximum absolute atomic E-state index is 7.54. The zero-order valence-corrected chi connectivity index (χ0v) is 3.67. The summed E-state index contributed by atoms with van der Waals surface area (Å²) in [5.41, 5.74) is 0. The number of hydrogen-bond donors (Lipinski definition) is 0. The Balaban J connectivity index is 2.43. The number of hydrogen-bond acceptors (Lipinski definition) is 2. The second kappa shape index (κ2) is 3.27. The molecule has 0 aromatic heterocycles. The van der Waals surface area contributed by atoms with Crippen molar-refractivity contribution in [2.45, 2.75) is 0 Å². The van der Waals surface area contributed by atoms with E-state index in [4.69, 9.17) is 5.26 Å². The Hall–Kier alpha value is 0.270. The molecule has 0 saturated heterocycles. The van der Waals surface area contributed by atoms with Crippen LogP contribution < -0.4 is 0 Å². The minimum Gasteiger partial charge on any atom is -0.185 e. The van der Waals surface area contributed by atoms with E-state index in [1.54, 1.807) is 5.40 Å². The summed E-state index contributed by atoms with van der Waals surface area (Å²) in [7, 11) is 2.84. The molecule has 0 aliphatic carbocycles. The van der Waals surface area contributed by atoms with E-state index < -0.39 is 0 Å². The van der Waals surface area contributed by atoms with E-state index in [9.17, 15) is 0 Å². The predicted molar refractivity (Wildman–Crippen MR) is 21.5 cm³/mol. The van der Waals surface area contributed by atoms with Crippen LogP contribution in [-0.2, 0) is 0 Å². The van der Waals surface area contributed by atoms with Crippen LogP contribution in [0.5, 0.6) is 0 Å². The highest BCUT2D eigenvalue weighted by Crippen LogP contribution is 2.04. The first-order valence-corrected chi connectivity index (χ1v) is 2.67. The summed E-state index contributed by atoms with van der Waals surface area (Å²) >= 11 is 0.968. The molecule has 0 aromatic carbocycles. The molecule has 0 aliphatic heterocycles. The number of rotatable bonds is 0. The van der Waals surface area contributed by atoms with Gasteiger partial charge in [-0.2, -0.15) is 5.26 Å². The van der Waals surface area contributed by atoms with Crippen molar-refractivity contribution < 1.29 is 0 Å². The first-order chi connectivity index (χ1) is 1.91. The lowest BCUT2D eigenvalue weighted by atomic mass is 11.8. The summed E-state index contributed by atoms with van der Waals surface area (Å²) in [6, 6.07) is 0. The molecule has 4 heavy (non-hydrogen) atoms. The lowest BCUT2D eigenvalue weighted by Crippen LogP contribution is -1.10. The van der Waals surface area contributed by atoms with Gasteiger partial charge >= 0.3 is 0 Å². The van der Waals surface area contributed by atoms with Crippen molar-refractivity contribution in [3.63, 3.8) is 0 Å². The molecule has 0 heterocycles. The Kier molecular flexibility index (Phi) is 3.49. The molecule has 0 aromatic rings. The second-order valence-corrected chi connectivity index (χ2v) is 1.19. The van der Waals surface area contributed by atoms with Gasteiger partial charge in [-0.05, 0) is 19.8 Å².